The molecule has 0 unspecified atom stereocenters. The van der Waals surface area contributed by atoms with Crippen LogP contribution >= 0.6 is 0 Å². The van der Waals surface area contributed by atoms with E-state index in [4.69, 9.17) is 20.6 Å². The molecular weight excluding hydrogens is 482 g/mol. The molecule has 38 heavy (non-hydrogen) atoms. The van der Waals surface area contributed by atoms with Crippen LogP contribution in [0.4, 0.5) is 23.0 Å². The van der Waals surface area contributed by atoms with E-state index in [9.17, 15) is 4.79 Å². The number of ether oxygens (including phenoxy) is 1. The van der Waals surface area contributed by atoms with Gasteiger partial charge in [0.15, 0.2) is 0 Å². The van der Waals surface area contributed by atoms with Crippen molar-refractivity contribution in [1.29, 1.82) is 0 Å². The van der Waals surface area contributed by atoms with Crippen LogP contribution in [0.5, 0.6) is 5.75 Å². The zero-order valence-corrected chi connectivity index (χ0v) is 22.5. The maximum Gasteiger partial charge on any atom is 0.303 e. The third-order valence-corrected chi connectivity index (χ3v) is 6.50. The highest BCUT2D eigenvalue weighted by molar-refractivity contribution is 5.95. The summed E-state index contributed by atoms with van der Waals surface area (Å²) in [5.41, 5.74) is 12.3. The van der Waals surface area contributed by atoms with Gasteiger partial charge < -0.3 is 35.3 Å². The fourth-order valence-corrected chi connectivity index (χ4v) is 4.39. The summed E-state index contributed by atoms with van der Waals surface area (Å²) in [6.45, 7) is 1.72. The molecule has 0 atom stereocenters. The van der Waals surface area contributed by atoms with Crippen molar-refractivity contribution in [2.75, 3.05) is 57.3 Å². The highest BCUT2D eigenvalue weighted by atomic mass is 16.5. The number of aromatic nitrogens is 3. The van der Waals surface area contributed by atoms with Gasteiger partial charge in [-0.2, -0.15) is 0 Å². The molecule has 0 bridgehead atoms. The van der Waals surface area contributed by atoms with Gasteiger partial charge in [0, 0.05) is 68.5 Å². The molecule has 10 heteroatoms. The molecule has 0 radical (unpaired) electrons. The summed E-state index contributed by atoms with van der Waals surface area (Å²) in [7, 11) is 9.68. The topological polar surface area (TPSA) is 122 Å². The second-order valence-electron chi connectivity index (χ2n) is 9.63. The van der Waals surface area contributed by atoms with Crippen LogP contribution in [0.25, 0.3) is 22.2 Å². The van der Waals surface area contributed by atoms with E-state index in [1.54, 1.807) is 13.3 Å². The Bertz CT molecular complexity index is 1450. The molecule has 0 fully saturated rings. The van der Waals surface area contributed by atoms with E-state index in [1.807, 2.05) is 75.4 Å². The number of rotatable bonds is 11. The Hall–Kier alpha value is -4.31. The van der Waals surface area contributed by atoms with Crippen molar-refractivity contribution in [2.24, 2.45) is 7.05 Å². The average molecular weight is 518 g/mol. The monoisotopic (exact) mass is 517 g/mol. The fraction of sp³-hybridized carbons (Fsp3) is 0.321. The molecule has 2 heterocycles. The highest BCUT2D eigenvalue weighted by Crippen LogP contribution is 2.37. The zero-order valence-electron chi connectivity index (χ0n) is 22.5. The standard InChI is InChI=1S/C28H35N7O3/c1-33(2)12-13-34(3)25-16-26(38-5)23(15-21(25)29)32-28-30-11-10-22(31-28)20-17-35(4)24-8-6-18(14-19(20)24)7-9-27(36)37/h6,8,10-11,14-17H,7,9,12-13,29H2,1-5H3,(H,36,37)(H,30,31,32). The molecule has 200 valence electrons. The number of carboxylic acid groups (broad SMARTS) is 1. The number of nitrogen functional groups attached to an aromatic ring is 1. The molecule has 0 aliphatic heterocycles. The Morgan fingerprint density at radius 2 is 1.95 bits per heavy atom. The van der Waals surface area contributed by atoms with Crippen LogP contribution in [0, 0.1) is 0 Å². The summed E-state index contributed by atoms with van der Waals surface area (Å²) in [6, 6.07) is 11.6. The van der Waals surface area contributed by atoms with Gasteiger partial charge >= 0.3 is 5.97 Å². The van der Waals surface area contributed by atoms with Crippen LogP contribution in [0.1, 0.15) is 12.0 Å². The molecule has 2 aromatic carbocycles. The molecular formula is C28H35N7O3. The Morgan fingerprint density at radius 3 is 2.66 bits per heavy atom. The van der Waals surface area contributed by atoms with Gasteiger partial charge in [0.2, 0.25) is 5.95 Å². The number of aliphatic carboxylic acids is 1. The molecule has 10 nitrogen and oxygen atoms in total. The summed E-state index contributed by atoms with van der Waals surface area (Å²) in [4.78, 5) is 24.5. The number of nitrogens with zero attached hydrogens (tertiary/aromatic N) is 5. The molecule has 4 rings (SSSR count). The molecule has 2 aromatic heterocycles. The molecule has 0 spiro atoms. The number of carboxylic acids is 1. The first-order chi connectivity index (χ1) is 18.2. The maximum atomic E-state index is 11.0. The zero-order chi connectivity index (χ0) is 27.4. The summed E-state index contributed by atoms with van der Waals surface area (Å²) < 4.78 is 7.70. The normalized spacial score (nSPS) is 11.2. The third kappa shape index (κ3) is 5.97. The first-order valence-electron chi connectivity index (χ1n) is 12.4. The number of likely N-dealkylation sites (N-methyl/N-ethyl adjacent to an activating group) is 2. The van der Waals surface area contributed by atoms with Crippen molar-refractivity contribution in [1.82, 2.24) is 19.4 Å². The number of methoxy groups -OCH3 is 1. The summed E-state index contributed by atoms with van der Waals surface area (Å²) in [5, 5.41) is 13.3. The predicted octanol–water partition coefficient (Wildman–Crippen LogP) is 3.98. The van der Waals surface area contributed by atoms with E-state index >= 15 is 0 Å². The van der Waals surface area contributed by atoms with Crippen molar-refractivity contribution in [2.45, 2.75) is 12.8 Å². The first kappa shape index (κ1) is 26.7. The molecule has 4 N–H and O–H groups in total. The second kappa shape index (κ2) is 11.4. The molecule has 4 aromatic rings. The van der Waals surface area contributed by atoms with Crippen molar-refractivity contribution >= 4 is 39.9 Å². The Kier molecular flexibility index (Phi) is 8.02. The third-order valence-electron chi connectivity index (χ3n) is 6.50. The van der Waals surface area contributed by atoms with Gasteiger partial charge in [-0.3, -0.25) is 4.79 Å². The molecule has 0 aliphatic rings. The van der Waals surface area contributed by atoms with Crippen LogP contribution in [-0.4, -0.2) is 71.9 Å². The van der Waals surface area contributed by atoms with Crippen LogP contribution < -0.4 is 20.7 Å². The van der Waals surface area contributed by atoms with Gasteiger partial charge in [-0.25, -0.2) is 9.97 Å². The lowest BCUT2D eigenvalue weighted by atomic mass is 10.0. The number of nitrogens with two attached hydrogens (primary N) is 1. The molecule has 0 saturated carbocycles. The van der Waals surface area contributed by atoms with E-state index in [-0.39, 0.29) is 6.42 Å². The number of hydrogen-bond acceptors (Lipinski definition) is 8. The van der Waals surface area contributed by atoms with Gasteiger partial charge in [0.05, 0.1) is 29.9 Å². The van der Waals surface area contributed by atoms with E-state index in [1.165, 1.54) is 0 Å². The highest BCUT2D eigenvalue weighted by Gasteiger charge is 2.15. The van der Waals surface area contributed by atoms with E-state index < -0.39 is 5.97 Å². The van der Waals surface area contributed by atoms with Gasteiger partial charge in [-0.05, 0) is 50.3 Å². The number of fused-ring (bicyclic) bond motifs is 1. The van der Waals surface area contributed by atoms with E-state index in [0.717, 1.165) is 46.5 Å². The van der Waals surface area contributed by atoms with Crippen molar-refractivity contribution in [3.8, 4) is 17.0 Å². The van der Waals surface area contributed by atoms with Crippen LogP contribution in [0.3, 0.4) is 0 Å². The van der Waals surface area contributed by atoms with Crippen molar-refractivity contribution < 1.29 is 14.6 Å². The van der Waals surface area contributed by atoms with Gasteiger partial charge in [0.1, 0.15) is 5.75 Å². The summed E-state index contributed by atoms with van der Waals surface area (Å²) in [5.74, 6) is 0.232. The number of anilines is 4. The predicted molar refractivity (Wildman–Crippen MR) is 152 cm³/mol. The average Bonchev–Trinajstić information content (AvgIpc) is 3.22. The second-order valence-corrected chi connectivity index (χ2v) is 9.63. The minimum Gasteiger partial charge on any atom is -0.494 e. The quantitative estimate of drug-likeness (QED) is 0.254. The van der Waals surface area contributed by atoms with Crippen LogP contribution in [-0.2, 0) is 18.3 Å². The van der Waals surface area contributed by atoms with Crippen LogP contribution in [0.2, 0.25) is 0 Å². The summed E-state index contributed by atoms with van der Waals surface area (Å²) in [6.07, 6.45) is 4.29. The minimum absolute atomic E-state index is 0.0877. The van der Waals surface area contributed by atoms with Gasteiger partial charge in [-0.1, -0.05) is 6.07 Å². The molecule has 0 amide bonds. The minimum atomic E-state index is -0.811. The Morgan fingerprint density at radius 1 is 1.16 bits per heavy atom. The number of hydrogen-bond donors (Lipinski definition) is 3. The van der Waals surface area contributed by atoms with Crippen LogP contribution in [0.15, 0.2) is 48.8 Å². The number of nitrogens with one attached hydrogen (secondary N) is 1. The number of benzene rings is 2. The SMILES string of the molecule is COc1cc(N(C)CCN(C)C)c(N)cc1Nc1nccc(-c2cn(C)c3ccc(CCC(=O)O)cc23)n1. The molecule has 0 aliphatic carbocycles. The van der Waals surface area contributed by atoms with Gasteiger partial charge in [-0.15, -0.1) is 0 Å². The van der Waals surface area contributed by atoms with Crippen molar-refractivity contribution in [3.63, 3.8) is 0 Å². The number of carbonyl (C=O) groups is 1. The Labute approximate surface area is 222 Å². The lowest BCUT2D eigenvalue weighted by Gasteiger charge is -2.24. The maximum absolute atomic E-state index is 11.0. The van der Waals surface area contributed by atoms with Gasteiger partial charge in [0.25, 0.3) is 0 Å². The lowest BCUT2D eigenvalue weighted by molar-refractivity contribution is -0.136. The molecule has 0 saturated heterocycles. The smallest absolute Gasteiger partial charge is 0.303 e. The number of aryl methyl sites for hydroxylation is 2. The lowest BCUT2D eigenvalue weighted by Crippen LogP contribution is -2.29. The Balaban J connectivity index is 1.63. The summed E-state index contributed by atoms with van der Waals surface area (Å²) >= 11 is 0. The van der Waals surface area contributed by atoms with E-state index in [2.05, 4.69) is 20.1 Å². The van der Waals surface area contributed by atoms with E-state index in [0.29, 0.717) is 29.5 Å². The van der Waals surface area contributed by atoms with Crippen molar-refractivity contribution in [3.05, 3.63) is 54.4 Å². The fourth-order valence-electron chi connectivity index (χ4n) is 4.39. The largest absolute Gasteiger partial charge is 0.494 e. The first-order valence-corrected chi connectivity index (χ1v) is 12.4.